The maximum absolute atomic E-state index is 13.0. The Kier molecular flexibility index (Phi) is 6.79. The van der Waals surface area contributed by atoms with Crippen molar-refractivity contribution in [3.63, 3.8) is 0 Å². The van der Waals surface area contributed by atoms with Crippen LogP contribution in [0.5, 0.6) is 11.5 Å². The van der Waals surface area contributed by atoms with Crippen molar-refractivity contribution in [2.75, 3.05) is 33.1 Å². The molecule has 3 rings (SSSR count). The molecule has 0 saturated heterocycles. The number of anilines is 1. The molecule has 29 heavy (non-hydrogen) atoms. The van der Waals surface area contributed by atoms with E-state index in [9.17, 15) is 9.18 Å². The third-order valence-corrected chi connectivity index (χ3v) is 4.97. The van der Waals surface area contributed by atoms with E-state index in [0.717, 1.165) is 11.1 Å². The predicted molar refractivity (Wildman–Crippen MR) is 112 cm³/mol. The molecule has 6 nitrogen and oxygen atoms in total. The number of aromatic nitrogens is 1. The molecule has 152 valence electrons. The summed E-state index contributed by atoms with van der Waals surface area (Å²) in [5, 5.41) is 5.19. The predicted octanol–water partition coefficient (Wildman–Crippen LogP) is 4.04. The van der Waals surface area contributed by atoms with Crippen LogP contribution in [0.15, 0.2) is 47.8 Å². The SMILES string of the molecule is COc1ccc(-c2csc(NC(=O)CN(C)Cc3ccc(F)cc3)n2)c(OC)c1. The molecular formula is C21H22FN3O3S. The number of carbonyl (C=O) groups is 1. The minimum atomic E-state index is -0.276. The molecule has 0 aliphatic carbocycles. The summed E-state index contributed by atoms with van der Waals surface area (Å²) in [6.45, 7) is 0.734. The average molecular weight is 415 g/mol. The van der Waals surface area contributed by atoms with Crippen molar-refractivity contribution in [3.05, 3.63) is 59.2 Å². The van der Waals surface area contributed by atoms with Gasteiger partial charge >= 0.3 is 0 Å². The second-order valence-corrected chi connectivity index (χ2v) is 7.31. The first kappa shape index (κ1) is 20.8. The first-order chi connectivity index (χ1) is 14.0. The molecule has 0 saturated carbocycles. The average Bonchev–Trinajstić information content (AvgIpc) is 3.17. The van der Waals surface area contributed by atoms with E-state index in [1.165, 1.54) is 23.5 Å². The normalized spacial score (nSPS) is 10.8. The fourth-order valence-corrected chi connectivity index (χ4v) is 3.55. The number of thiazole rings is 1. The van der Waals surface area contributed by atoms with Crippen molar-refractivity contribution in [2.45, 2.75) is 6.54 Å². The smallest absolute Gasteiger partial charge is 0.240 e. The van der Waals surface area contributed by atoms with E-state index in [2.05, 4.69) is 10.3 Å². The first-order valence-corrected chi connectivity index (χ1v) is 9.77. The van der Waals surface area contributed by atoms with E-state index in [-0.39, 0.29) is 18.3 Å². The van der Waals surface area contributed by atoms with Gasteiger partial charge in [0.1, 0.15) is 17.3 Å². The maximum atomic E-state index is 13.0. The number of amides is 1. The Balaban J connectivity index is 1.61. The van der Waals surface area contributed by atoms with Crippen LogP contribution in [-0.4, -0.2) is 43.6 Å². The number of ether oxygens (including phenoxy) is 2. The molecule has 3 aromatic rings. The minimum Gasteiger partial charge on any atom is -0.497 e. The second-order valence-electron chi connectivity index (χ2n) is 6.45. The summed E-state index contributed by atoms with van der Waals surface area (Å²) < 4.78 is 23.6. The third kappa shape index (κ3) is 5.52. The van der Waals surface area contributed by atoms with Gasteiger partial charge in [-0.2, -0.15) is 0 Å². The van der Waals surface area contributed by atoms with E-state index in [1.807, 2.05) is 29.5 Å². The minimum absolute atomic E-state index is 0.169. The number of methoxy groups -OCH3 is 2. The zero-order valence-electron chi connectivity index (χ0n) is 16.4. The number of nitrogens with one attached hydrogen (secondary N) is 1. The summed E-state index contributed by atoms with van der Waals surface area (Å²) >= 11 is 1.34. The summed E-state index contributed by atoms with van der Waals surface area (Å²) in [5.74, 6) is 0.893. The summed E-state index contributed by atoms with van der Waals surface area (Å²) in [6.07, 6.45) is 0. The highest BCUT2D eigenvalue weighted by Gasteiger charge is 2.14. The highest BCUT2D eigenvalue weighted by atomic mass is 32.1. The van der Waals surface area contributed by atoms with Gasteiger partial charge in [0.05, 0.1) is 26.5 Å². The lowest BCUT2D eigenvalue weighted by molar-refractivity contribution is -0.117. The number of halogens is 1. The largest absolute Gasteiger partial charge is 0.497 e. The van der Waals surface area contributed by atoms with Crippen LogP contribution >= 0.6 is 11.3 Å². The van der Waals surface area contributed by atoms with Crippen molar-refractivity contribution in [1.82, 2.24) is 9.88 Å². The number of benzene rings is 2. The monoisotopic (exact) mass is 415 g/mol. The maximum Gasteiger partial charge on any atom is 0.240 e. The Bertz CT molecular complexity index is 976. The van der Waals surface area contributed by atoms with Crippen LogP contribution in [0.1, 0.15) is 5.56 Å². The molecule has 1 N–H and O–H groups in total. The molecule has 0 fully saturated rings. The van der Waals surface area contributed by atoms with Gasteiger partial charge in [-0.15, -0.1) is 11.3 Å². The Morgan fingerprint density at radius 2 is 1.93 bits per heavy atom. The topological polar surface area (TPSA) is 63.7 Å². The lowest BCUT2D eigenvalue weighted by Gasteiger charge is -2.15. The Morgan fingerprint density at radius 1 is 1.17 bits per heavy atom. The molecular weight excluding hydrogens is 393 g/mol. The number of hydrogen-bond acceptors (Lipinski definition) is 6. The first-order valence-electron chi connectivity index (χ1n) is 8.89. The van der Waals surface area contributed by atoms with Gasteiger partial charge in [-0.3, -0.25) is 9.69 Å². The number of likely N-dealkylation sites (N-methyl/N-ethyl adjacent to an activating group) is 1. The molecule has 0 radical (unpaired) electrons. The van der Waals surface area contributed by atoms with Gasteiger partial charge in [0.25, 0.3) is 0 Å². The quantitative estimate of drug-likeness (QED) is 0.602. The molecule has 0 spiro atoms. The Labute approximate surface area is 172 Å². The number of rotatable bonds is 8. The van der Waals surface area contributed by atoms with Crippen LogP contribution in [0.25, 0.3) is 11.3 Å². The van der Waals surface area contributed by atoms with Crippen molar-refractivity contribution in [2.24, 2.45) is 0 Å². The van der Waals surface area contributed by atoms with Crippen LogP contribution in [0.3, 0.4) is 0 Å². The van der Waals surface area contributed by atoms with E-state index in [4.69, 9.17) is 9.47 Å². The number of carbonyl (C=O) groups excluding carboxylic acids is 1. The van der Waals surface area contributed by atoms with Gasteiger partial charge in [0.2, 0.25) is 5.91 Å². The van der Waals surface area contributed by atoms with Crippen molar-refractivity contribution in [1.29, 1.82) is 0 Å². The van der Waals surface area contributed by atoms with Crippen molar-refractivity contribution >= 4 is 22.4 Å². The number of nitrogens with zero attached hydrogens (tertiary/aromatic N) is 2. The lowest BCUT2D eigenvalue weighted by atomic mass is 10.1. The van der Waals surface area contributed by atoms with E-state index in [0.29, 0.717) is 28.9 Å². The summed E-state index contributed by atoms with van der Waals surface area (Å²) in [7, 11) is 5.01. The van der Waals surface area contributed by atoms with E-state index >= 15 is 0 Å². The van der Waals surface area contributed by atoms with Gasteiger partial charge in [0.15, 0.2) is 5.13 Å². The summed E-state index contributed by atoms with van der Waals surface area (Å²) in [5.41, 5.74) is 2.47. The second kappa shape index (κ2) is 9.49. The fraction of sp³-hybridized carbons (Fsp3) is 0.238. The molecule has 1 heterocycles. The molecule has 0 bridgehead atoms. The molecule has 1 aromatic heterocycles. The van der Waals surface area contributed by atoms with Crippen LogP contribution in [0.4, 0.5) is 9.52 Å². The van der Waals surface area contributed by atoms with Crippen LogP contribution in [-0.2, 0) is 11.3 Å². The van der Waals surface area contributed by atoms with Crippen LogP contribution in [0.2, 0.25) is 0 Å². The van der Waals surface area contributed by atoms with Crippen LogP contribution < -0.4 is 14.8 Å². The van der Waals surface area contributed by atoms with Gasteiger partial charge in [-0.1, -0.05) is 12.1 Å². The van der Waals surface area contributed by atoms with E-state index < -0.39 is 0 Å². The molecule has 8 heteroatoms. The third-order valence-electron chi connectivity index (χ3n) is 4.21. The van der Waals surface area contributed by atoms with Gasteiger partial charge < -0.3 is 14.8 Å². The van der Waals surface area contributed by atoms with Crippen molar-refractivity contribution < 1.29 is 18.7 Å². The summed E-state index contributed by atoms with van der Waals surface area (Å²) in [4.78, 5) is 18.7. The number of hydrogen-bond donors (Lipinski definition) is 1. The molecule has 2 aromatic carbocycles. The molecule has 0 aliphatic rings. The summed E-state index contributed by atoms with van der Waals surface area (Å²) in [6, 6.07) is 11.7. The zero-order valence-corrected chi connectivity index (χ0v) is 17.3. The zero-order chi connectivity index (χ0) is 20.8. The van der Waals surface area contributed by atoms with Crippen LogP contribution in [0, 0.1) is 5.82 Å². The van der Waals surface area contributed by atoms with E-state index in [1.54, 1.807) is 32.4 Å². The highest BCUT2D eigenvalue weighted by molar-refractivity contribution is 7.14. The fourth-order valence-electron chi connectivity index (χ4n) is 2.83. The van der Waals surface area contributed by atoms with Gasteiger partial charge in [-0.25, -0.2) is 9.37 Å². The van der Waals surface area contributed by atoms with Crippen molar-refractivity contribution in [3.8, 4) is 22.8 Å². The highest BCUT2D eigenvalue weighted by Crippen LogP contribution is 2.34. The molecule has 0 aliphatic heterocycles. The van der Waals surface area contributed by atoms with Gasteiger partial charge in [-0.05, 0) is 36.9 Å². The molecule has 0 unspecified atom stereocenters. The Morgan fingerprint density at radius 3 is 2.62 bits per heavy atom. The van der Waals surface area contributed by atoms with Gasteiger partial charge in [0, 0.05) is 23.6 Å². The lowest BCUT2D eigenvalue weighted by Crippen LogP contribution is -2.29. The molecule has 1 amide bonds. The standard InChI is InChI=1S/C21H22FN3O3S/c1-25(11-14-4-6-15(22)7-5-14)12-20(26)24-21-23-18(13-29-21)17-9-8-16(27-2)10-19(17)28-3/h4-10,13H,11-12H2,1-3H3,(H,23,24,26). The molecule has 0 atom stereocenters. The Hall–Kier alpha value is -2.97.